The van der Waals surface area contributed by atoms with Crippen LogP contribution in [0, 0.1) is 6.92 Å². The third-order valence-corrected chi connectivity index (χ3v) is 3.34. The highest BCUT2D eigenvalue weighted by atomic mass is 16.5. The lowest BCUT2D eigenvalue weighted by molar-refractivity contribution is 0.415. The third-order valence-electron chi connectivity index (χ3n) is 3.34. The van der Waals surface area contributed by atoms with Crippen LogP contribution in [0.3, 0.4) is 0 Å². The first kappa shape index (κ1) is 13.2. The second kappa shape index (κ2) is 5.28. The van der Waals surface area contributed by atoms with Gasteiger partial charge in [0, 0.05) is 18.0 Å². The molecule has 3 rings (SSSR count). The molecule has 0 saturated heterocycles. The highest BCUT2D eigenvalue weighted by Gasteiger charge is 2.15. The van der Waals surface area contributed by atoms with Crippen molar-refractivity contribution in [1.82, 2.24) is 15.2 Å². The van der Waals surface area contributed by atoms with Gasteiger partial charge in [0.2, 0.25) is 0 Å². The highest BCUT2D eigenvalue weighted by molar-refractivity contribution is 5.87. The molecule has 0 unspecified atom stereocenters. The number of methoxy groups -OCH3 is 1. The second-order valence-electron chi connectivity index (χ2n) is 4.84. The summed E-state index contributed by atoms with van der Waals surface area (Å²) in [6.45, 7) is 2.00. The maximum atomic E-state index is 6.03. The number of aromatic nitrogens is 3. The molecule has 0 bridgehead atoms. The summed E-state index contributed by atoms with van der Waals surface area (Å²) in [5.41, 5.74) is 10.8. The summed E-state index contributed by atoms with van der Waals surface area (Å²) in [6.07, 6.45) is 3.61. The molecule has 0 saturated carbocycles. The summed E-state index contributed by atoms with van der Waals surface area (Å²) >= 11 is 0. The maximum absolute atomic E-state index is 6.03. The molecule has 0 amide bonds. The van der Waals surface area contributed by atoms with Gasteiger partial charge in [-0.05, 0) is 36.2 Å². The van der Waals surface area contributed by atoms with Crippen LogP contribution >= 0.6 is 0 Å². The molecule has 0 aliphatic rings. The van der Waals surface area contributed by atoms with Crippen LogP contribution in [0.4, 0.5) is 5.82 Å². The molecule has 3 N–H and O–H groups in total. The number of ether oxygens (including phenoxy) is 1. The second-order valence-corrected chi connectivity index (χ2v) is 4.84. The van der Waals surface area contributed by atoms with E-state index in [-0.39, 0.29) is 0 Å². The van der Waals surface area contributed by atoms with Crippen LogP contribution in [-0.2, 0) is 0 Å². The summed E-state index contributed by atoms with van der Waals surface area (Å²) in [6, 6.07) is 9.78. The van der Waals surface area contributed by atoms with Crippen LogP contribution in [0.15, 0.2) is 42.7 Å². The molecular weight excluding hydrogens is 264 g/mol. The molecule has 0 fully saturated rings. The lowest BCUT2D eigenvalue weighted by atomic mass is 10.0. The minimum absolute atomic E-state index is 0.469. The van der Waals surface area contributed by atoms with Gasteiger partial charge in [-0.15, -0.1) is 0 Å². The van der Waals surface area contributed by atoms with E-state index in [4.69, 9.17) is 10.5 Å². The molecule has 5 nitrogen and oxygen atoms in total. The zero-order valence-electron chi connectivity index (χ0n) is 11.9. The maximum Gasteiger partial charge on any atom is 0.153 e. The molecule has 0 radical (unpaired) electrons. The molecule has 0 aliphatic heterocycles. The number of H-pyrrole nitrogens is 1. The first-order valence-corrected chi connectivity index (χ1v) is 6.59. The number of nitrogens with zero attached hydrogens (tertiary/aromatic N) is 2. The van der Waals surface area contributed by atoms with Crippen LogP contribution in [-0.4, -0.2) is 22.3 Å². The van der Waals surface area contributed by atoms with Crippen molar-refractivity contribution >= 4 is 5.82 Å². The summed E-state index contributed by atoms with van der Waals surface area (Å²) in [4.78, 5) is 4.22. The van der Waals surface area contributed by atoms with E-state index in [0.29, 0.717) is 5.82 Å². The smallest absolute Gasteiger partial charge is 0.153 e. The van der Waals surface area contributed by atoms with Gasteiger partial charge in [-0.3, -0.25) is 10.1 Å². The molecule has 2 aromatic heterocycles. The first-order valence-electron chi connectivity index (χ1n) is 6.59. The van der Waals surface area contributed by atoms with Crippen molar-refractivity contribution in [2.24, 2.45) is 0 Å². The van der Waals surface area contributed by atoms with Gasteiger partial charge in [0.25, 0.3) is 0 Å². The lowest BCUT2D eigenvalue weighted by Gasteiger charge is -2.06. The number of aryl methyl sites for hydroxylation is 1. The minimum Gasteiger partial charge on any atom is -0.497 e. The largest absolute Gasteiger partial charge is 0.497 e. The molecule has 21 heavy (non-hydrogen) atoms. The number of nitrogens with two attached hydrogens (primary N) is 1. The Labute approximate surface area is 122 Å². The van der Waals surface area contributed by atoms with Crippen molar-refractivity contribution < 1.29 is 4.74 Å². The Morgan fingerprint density at radius 1 is 1.10 bits per heavy atom. The fraction of sp³-hybridized carbons (Fsp3) is 0.125. The normalized spacial score (nSPS) is 10.6. The predicted molar refractivity (Wildman–Crippen MR) is 83.0 cm³/mol. The Kier molecular flexibility index (Phi) is 3.31. The number of benzene rings is 1. The Bertz CT molecular complexity index is 762. The van der Waals surface area contributed by atoms with Gasteiger partial charge in [0.15, 0.2) is 5.82 Å². The quantitative estimate of drug-likeness (QED) is 0.773. The summed E-state index contributed by atoms with van der Waals surface area (Å²) < 4.78 is 5.18. The number of nitrogens with one attached hydrogen (secondary N) is 1. The van der Waals surface area contributed by atoms with E-state index in [0.717, 1.165) is 33.7 Å². The van der Waals surface area contributed by atoms with E-state index in [9.17, 15) is 0 Å². The average molecular weight is 280 g/mol. The molecule has 3 aromatic rings. The van der Waals surface area contributed by atoms with Crippen LogP contribution in [0.5, 0.6) is 5.75 Å². The number of aromatic amines is 1. The predicted octanol–water partition coefficient (Wildman–Crippen LogP) is 3.04. The van der Waals surface area contributed by atoms with Gasteiger partial charge in [-0.25, -0.2) is 0 Å². The molecule has 106 valence electrons. The summed E-state index contributed by atoms with van der Waals surface area (Å²) in [7, 11) is 1.64. The van der Waals surface area contributed by atoms with E-state index in [2.05, 4.69) is 15.2 Å². The number of anilines is 1. The number of nitrogen functional groups attached to an aromatic ring is 1. The average Bonchev–Trinajstić information content (AvgIpc) is 2.89. The molecule has 2 heterocycles. The first-order chi connectivity index (χ1) is 10.2. The van der Waals surface area contributed by atoms with E-state index >= 15 is 0 Å². The van der Waals surface area contributed by atoms with Gasteiger partial charge < -0.3 is 10.5 Å². The fourth-order valence-corrected chi connectivity index (χ4v) is 2.31. The lowest BCUT2D eigenvalue weighted by Crippen LogP contribution is -1.90. The Balaban J connectivity index is 2.12. The molecule has 5 heteroatoms. The van der Waals surface area contributed by atoms with Crippen LogP contribution in [0.25, 0.3) is 22.4 Å². The number of pyridine rings is 1. The van der Waals surface area contributed by atoms with E-state index in [1.54, 1.807) is 13.3 Å². The third kappa shape index (κ3) is 2.45. The van der Waals surface area contributed by atoms with Crippen LogP contribution in [0.1, 0.15) is 5.56 Å². The van der Waals surface area contributed by atoms with E-state index in [1.165, 1.54) is 0 Å². The number of rotatable bonds is 3. The van der Waals surface area contributed by atoms with Crippen molar-refractivity contribution in [2.45, 2.75) is 6.92 Å². The molecule has 0 atom stereocenters. The Morgan fingerprint density at radius 3 is 2.52 bits per heavy atom. The fourth-order valence-electron chi connectivity index (χ4n) is 2.31. The summed E-state index contributed by atoms with van der Waals surface area (Å²) in [5, 5.41) is 7.13. The molecule has 0 spiro atoms. The van der Waals surface area contributed by atoms with E-state index in [1.807, 2.05) is 43.5 Å². The zero-order chi connectivity index (χ0) is 14.8. The van der Waals surface area contributed by atoms with Crippen LogP contribution in [0.2, 0.25) is 0 Å². The van der Waals surface area contributed by atoms with Gasteiger partial charge >= 0.3 is 0 Å². The van der Waals surface area contributed by atoms with E-state index < -0.39 is 0 Å². The van der Waals surface area contributed by atoms with Crippen molar-refractivity contribution in [3.63, 3.8) is 0 Å². The Hall–Kier alpha value is -2.82. The van der Waals surface area contributed by atoms with Crippen molar-refractivity contribution in [3.8, 4) is 28.1 Å². The van der Waals surface area contributed by atoms with Gasteiger partial charge in [0.1, 0.15) is 5.75 Å². The molecule has 1 aromatic carbocycles. The SMILES string of the molecule is COc1ccc(-c2c(N)n[nH]c2-c2cncc(C)c2)cc1. The van der Waals surface area contributed by atoms with Gasteiger partial charge in [-0.2, -0.15) is 5.10 Å². The molecule has 0 aliphatic carbocycles. The number of hydrogen-bond acceptors (Lipinski definition) is 4. The van der Waals surface area contributed by atoms with Crippen LogP contribution < -0.4 is 10.5 Å². The standard InChI is InChI=1S/C16H16N4O/c1-10-7-12(9-18-8-10)15-14(16(17)20-19-15)11-3-5-13(21-2)6-4-11/h3-9H,1-2H3,(H3,17,19,20). The summed E-state index contributed by atoms with van der Waals surface area (Å²) in [5.74, 6) is 1.27. The monoisotopic (exact) mass is 280 g/mol. The van der Waals surface area contributed by atoms with Crippen molar-refractivity contribution in [2.75, 3.05) is 12.8 Å². The van der Waals surface area contributed by atoms with Gasteiger partial charge in [0.05, 0.1) is 18.4 Å². The minimum atomic E-state index is 0.469. The molecular formula is C16H16N4O. The van der Waals surface area contributed by atoms with Crippen molar-refractivity contribution in [3.05, 3.63) is 48.3 Å². The van der Waals surface area contributed by atoms with Gasteiger partial charge in [-0.1, -0.05) is 12.1 Å². The zero-order valence-corrected chi connectivity index (χ0v) is 11.9. The van der Waals surface area contributed by atoms with Crippen molar-refractivity contribution in [1.29, 1.82) is 0 Å². The highest BCUT2D eigenvalue weighted by Crippen LogP contribution is 2.35. The Morgan fingerprint density at radius 2 is 1.86 bits per heavy atom. The number of hydrogen-bond donors (Lipinski definition) is 2. The topological polar surface area (TPSA) is 76.8 Å².